The highest BCUT2D eigenvalue weighted by atomic mass is 32.2. The lowest BCUT2D eigenvalue weighted by atomic mass is 10.1. The second-order valence-electron chi connectivity index (χ2n) is 8.58. The number of sulfonamides is 1. The lowest BCUT2D eigenvalue weighted by molar-refractivity contribution is -0.137. The first-order chi connectivity index (χ1) is 19.8. The minimum absolute atomic E-state index is 0.0304. The number of alkyl halides is 5. The van der Waals surface area contributed by atoms with Crippen LogP contribution in [0.3, 0.4) is 0 Å². The third kappa shape index (κ3) is 6.64. The van der Waals surface area contributed by atoms with Gasteiger partial charge in [-0.15, -0.1) is 0 Å². The average Bonchev–Trinajstić information content (AvgIpc) is 3.34. The molecule has 3 N–H and O–H groups in total. The fraction of sp³-hybridized carbons (Fsp3) is 0.240. The van der Waals surface area contributed by atoms with Crippen LogP contribution in [0.2, 0.25) is 0 Å². The molecule has 4 aromatic rings. The van der Waals surface area contributed by atoms with Crippen molar-refractivity contribution in [2.24, 2.45) is 0 Å². The quantitative estimate of drug-likeness (QED) is 0.228. The van der Waals surface area contributed by atoms with Gasteiger partial charge in [-0.25, -0.2) is 31.5 Å². The van der Waals surface area contributed by atoms with E-state index in [0.717, 1.165) is 46.9 Å². The van der Waals surface area contributed by atoms with Crippen molar-refractivity contribution >= 4 is 27.5 Å². The highest BCUT2D eigenvalue weighted by molar-refractivity contribution is 7.89. The van der Waals surface area contributed by atoms with Crippen molar-refractivity contribution in [3.63, 3.8) is 0 Å². The van der Waals surface area contributed by atoms with Gasteiger partial charge in [0.15, 0.2) is 11.4 Å². The van der Waals surface area contributed by atoms with Crippen molar-refractivity contribution in [1.29, 1.82) is 0 Å². The van der Waals surface area contributed by atoms with Crippen molar-refractivity contribution in [3.05, 3.63) is 72.1 Å². The molecule has 224 valence electrons. The Bertz CT molecular complexity index is 1670. The Balaban J connectivity index is 1.61. The summed E-state index contributed by atoms with van der Waals surface area (Å²) in [4.78, 5) is 16.5. The van der Waals surface area contributed by atoms with Gasteiger partial charge in [-0.2, -0.15) is 22.6 Å². The van der Waals surface area contributed by atoms with Gasteiger partial charge < -0.3 is 14.9 Å². The Kier molecular flexibility index (Phi) is 9.05. The fourth-order valence-electron chi connectivity index (χ4n) is 3.87. The molecule has 0 aliphatic carbocycles. The number of benzene rings is 2. The lowest BCUT2D eigenvalue weighted by Crippen LogP contribution is -2.35. The normalized spacial score (nSPS) is 12.3. The summed E-state index contributed by atoms with van der Waals surface area (Å²) < 4.78 is 99.0. The van der Waals surface area contributed by atoms with Crippen LogP contribution in [0.1, 0.15) is 17.7 Å². The van der Waals surface area contributed by atoms with Crippen LogP contribution in [-0.4, -0.2) is 69.9 Å². The van der Waals surface area contributed by atoms with Gasteiger partial charge in [-0.3, -0.25) is 5.32 Å². The van der Waals surface area contributed by atoms with Crippen molar-refractivity contribution in [2.75, 3.05) is 31.6 Å². The molecule has 0 atom stereocenters. The minimum atomic E-state index is -4.61. The molecule has 2 heterocycles. The molecule has 0 saturated carbocycles. The van der Waals surface area contributed by atoms with Crippen LogP contribution in [0.4, 0.5) is 32.4 Å². The van der Waals surface area contributed by atoms with E-state index in [2.05, 4.69) is 15.4 Å². The number of anilines is 1. The van der Waals surface area contributed by atoms with E-state index in [1.807, 2.05) is 0 Å². The molecule has 2 aromatic carbocycles. The molecule has 42 heavy (non-hydrogen) atoms. The smallest absolute Gasteiger partial charge is 0.404 e. The predicted octanol–water partition coefficient (Wildman–Crippen LogP) is 3.94. The number of halogens is 5. The third-order valence-electron chi connectivity index (χ3n) is 5.82. The van der Waals surface area contributed by atoms with Gasteiger partial charge in [0, 0.05) is 24.3 Å². The zero-order valence-electron chi connectivity index (χ0n) is 21.3. The van der Waals surface area contributed by atoms with E-state index in [-0.39, 0.29) is 46.3 Å². The number of amides is 1. The van der Waals surface area contributed by atoms with Gasteiger partial charge in [0.1, 0.15) is 5.69 Å². The van der Waals surface area contributed by atoms with E-state index in [0.29, 0.717) is 4.52 Å². The molecule has 0 saturated heterocycles. The number of hydrogen-bond acceptors (Lipinski definition) is 8. The maximum Gasteiger partial charge on any atom is 0.417 e. The summed E-state index contributed by atoms with van der Waals surface area (Å²) in [5.74, 6) is -0.371. The summed E-state index contributed by atoms with van der Waals surface area (Å²) in [6.45, 7) is -1.55. The molecule has 0 aliphatic rings. The number of carbonyl (C=O) groups excluding carboxylic acids is 1. The van der Waals surface area contributed by atoms with Crippen molar-refractivity contribution in [1.82, 2.24) is 18.9 Å². The standard InChI is InChI=1S/C25H22F5N5O6S/c26-22(27)20-13-19(15-4-6-16(7-5-15)25(28,29)30)33-23-21(14-31-35(20)23)41-24(38)32-17-2-1-3-18(12-17)42(39,40)34(8-10-36)9-11-37/h1-7,12-14,22,36-37H,8-11H2,(H,32,38). The minimum Gasteiger partial charge on any atom is -0.404 e. The summed E-state index contributed by atoms with van der Waals surface area (Å²) >= 11 is 0. The molecular weight excluding hydrogens is 593 g/mol. The molecule has 4 rings (SSSR count). The van der Waals surface area contributed by atoms with Gasteiger partial charge in [0.05, 0.1) is 35.6 Å². The van der Waals surface area contributed by atoms with Crippen molar-refractivity contribution in [3.8, 4) is 17.0 Å². The first-order valence-electron chi connectivity index (χ1n) is 12.0. The first kappa shape index (κ1) is 30.8. The van der Waals surface area contributed by atoms with Gasteiger partial charge in [-0.05, 0) is 36.4 Å². The van der Waals surface area contributed by atoms with Crippen LogP contribution in [0.5, 0.6) is 5.75 Å². The van der Waals surface area contributed by atoms with Crippen LogP contribution in [0.15, 0.2) is 65.7 Å². The summed E-state index contributed by atoms with van der Waals surface area (Å²) in [6.07, 6.45) is -7.91. The molecular formula is C25H22F5N5O6S. The zero-order chi connectivity index (χ0) is 30.7. The maximum absolute atomic E-state index is 13.8. The molecule has 0 spiro atoms. The number of aromatic nitrogens is 3. The number of fused-ring (bicyclic) bond motifs is 1. The predicted molar refractivity (Wildman–Crippen MR) is 137 cm³/mol. The topological polar surface area (TPSA) is 146 Å². The van der Waals surface area contributed by atoms with Crippen LogP contribution < -0.4 is 10.1 Å². The van der Waals surface area contributed by atoms with Crippen LogP contribution in [0, 0.1) is 0 Å². The van der Waals surface area contributed by atoms with E-state index in [9.17, 15) is 35.2 Å². The van der Waals surface area contributed by atoms with Crippen molar-refractivity contribution in [2.45, 2.75) is 17.5 Å². The number of nitrogens with one attached hydrogen (secondary N) is 1. The summed E-state index contributed by atoms with van der Waals surface area (Å²) in [6, 6.07) is 9.60. The van der Waals surface area contributed by atoms with E-state index in [4.69, 9.17) is 14.9 Å². The molecule has 0 radical (unpaired) electrons. The molecule has 1 amide bonds. The highest BCUT2D eigenvalue weighted by Gasteiger charge is 2.30. The summed E-state index contributed by atoms with van der Waals surface area (Å²) in [7, 11) is -4.15. The van der Waals surface area contributed by atoms with Crippen LogP contribution in [-0.2, 0) is 16.2 Å². The Morgan fingerprint density at radius 1 is 1.05 bits per heavy atom. The second-order valence-corrected chi connectivity index (χ2v) is 10.5. The largest absolute Gasteiger partial charge is 0.417 e. The first-order valence-corrected chi connectivity index (χ1v) is 13.4. The summed E-state index contributed by atoms with van der Waals surface area (Å²) in [5, 5.41) is 24.4. The van der Waals surface area contributed by atoms with Crippen LogP contribution >= 0.6 is 0 Å². The molecule has 0 unspecified atom stereocenters. The molecule has 0 bridgehead atoms. The maximum atomic E-state index is 13.8. The van der Waals surface area contributed by atoms with Crippen molar-refractivity contribution < 1.29 is 50.1 Å². The molecule has 11 nitrogen and oxygen atoms in total. The highest BCUT2D eigenvalue weighted by Crippen LogP contribution is 2.33. The monoisotopic (exact) mass is 615 g/mol. The number of rotatable bonds is 10. The average molecular weight is 616 g/mol. The number of nitrogens with zero attached hydrogens (tertiary/aromatic N) is 4. The zero-order valence-corrected chi connectivity index (χ0v) is 22.1. The van der Waals surface area contributed by atoms with Gasteiger partial charge in [-0.1, -0.05) is 18.2 Å². The van der Waals surface area contributed by atoms with Gasteiger partial charge >= 0.3 is 12.3 Å². The molecule has 0 aliphatic heterocycles. The second kappa shape index (κ2) is 12.4. The SMILES string of the molecule is O=C(Nc1cccc(S(=O)(=O)N(CCO)CCO)c1)Oc1cnn2c(C(F)F)cc(-c3ccc(C(F)(F)F)cc3)nc12. The number of hydrogen-bond donors (Lipinski definition) is 3. The Morgan fingerprint density at radius 2 is 1.71 bits per heavy atom. The number of aliphatic hydroxyl groups excluding tert-OH is 2. The molecule has 0 fully saturated rings. The molecule has 2 aromatic heterocycles. The Hall–Kier alpha value is -4.19. The lowest BCUT2D eigenvalue weighted by Gasteiger charge is -2.20. The molecule has 17 heteroatoms. The Morgan fingerprint density at radius 3 is 2.31 bits per heavy atom. The number of carbonyl (C=O) groups is 1. The van der Waals surface area contributed by atoms with Gasteiger partial charge in [0.2, 0.25) is 10.0 Å². The van der Waals surface area contributed by atoms with Gasteiger partial charge in [0.25, 0.3) is 6.43 Å². The number of ether oxygens (including phenoxy) is 1. The van der Waals surface area contributed by atoms with E-state index in [1.165, 1.54) is 18.2 Å². The van der Waals surface area contributed by atoms with Crippen LogP contribution in [0.25, 0.3) is 16.9 Å². The summed E-state index contributed by atoms with van der Waals surface area (Å²) in [5.41, 5.74) is -2.03. The van der Waals surface area contributed by atoms with E-state index >= 15 is 0 Å². The third-order valence-corrected chi connectivity index (χ3v) is 7.71. The van der Waals surface area contributed by atoms with E-state index in [1.54, 1.807) is 0 Å². The fourth-order valence-corrected chi connectivity index (χ4v) is 5.34. The Labute approximate surface area is 234 Å². The van der Waals surface area contributed by atoms with E-state index < -0.39 is 53.2 Å². The number of aliphatic hydroxyl groups is 2.